The Morgan fingerprint density at radius 3 is 1.85 bits per heavy atom. The van der Waals surface area contributed by atoms with Gasteiger partial charge in [-0.25, -0.2) is 15.1 Å². The predicted octanol–water partition coefficient (Wildman–Crippen LogP) is 2.44. The molecule has 40 heavy (non-hydrogen) atoms. The molecule has 2 aliphatic rings. The molecular weight excluding hydrogens is 546 g/mol. The van der Waals surface area contributed by atoms with Crippen molar-refractivity contribution in [2.24, 2.45) is 5.10 Å². The van der Waals surface area contributed by atoms with Crippen LogP contribution in [0.2, 0.25) is 5.15 Å². The van der Waals surface area contributed by atoms with Crippen LogP contribution in [-0.2, 0) is 32.0 Å². The summed E-state index contributed by atoms with van der Waals surface area (Å²) in [6, 6.07) is 9.15. The number of fused-ring (bicyclic) bond motifs is 1. The van der Waals surface area contributed by atoms with Crippen molar-refractivity contribution in [2.75, 3.05) is 79.2 Å². The topological polar surface area (TPSA) is 130 Å². The van der Waals surface area contributed by atoms with Gasteiger partial charge >= 0.3 is 0 Å². The normalized spacial score (nSPS) is 19.3. The van der Waals surface area contributed by atoms with Gasteiger partial charge in [-0.05, 0) is 29.3 Å². The van der Waals surface area contributed by atoms with Gasteiger partial charge in [-0.15, -0.1) is 0 Å². The minimum Gasteiger partial charge on any atom is -0.487 e. The van der Waals surface area contributed by atoms with E-state index in [0.717, 1.165) is 11.1 Å². The van der Waals surface area contributed by atoms with Crippen LogP contribution in [0.15, 0.2) is 41.6 Å². The minimum absolute atomic E-state index is 0.285. The van der Waals surface area contributed by atoms with Crippen molar-refractivity contribution in [3.8, 4) is 11.5 Å². The van der Waals surface area contributed by atoms with Crippen LogP contribution in [0.1, 0.15) is 11.1 Å². The zero-order chi connectivity index (χ0) is 28.0. The van der Waals surface area contributed by atoms with E-state index >= 15 is 0 Å². The first-order valence-corrected chi connectivity index (χ1v) is 13.5. The molecule has 0 N–H and O–H groups in total. The highest BCUT2D eigenvalue weighted by Gasteiger charge is 2.30. The summed E-state index contributed by atoms with van der Waals surface area (Å²) in [7, 11) is 0. The van der Waals surface area contributed by atoms with Crippen molar-refractivity contribution >= 4 is 17.6 Å². The van der Waals surface area contributed by atoms with E-state index in [0.29, 0.717) is 109 Å². The molecule has 0 aliphatic carbocycles. The Morgan fingerprint density at radius 2 is 1.30 bits per heavy atom. The van der Waals surface area contributed by atoms with E-state index in [4.69, 9.17) is 40.0 Å². The number of nitrogens with zero attached hydrogens (tertiary/aromatic N) is 5. The van der Waals surface area contributed by atoms with Crippen LogP contribution >= 0.6 is 11.6 Å². The lowest BCUT2D eigenvalue weighted by Gasteiger charge is -2.21. The minimum atomic E-state index is -0.672. The lowest BCUT2D eigenvalue weighted by Crippen LogP contribution is -2.34. The van der Waals surface area contributed by atoms with Gasteiger partial charge in [0.15, 0.2) is 16.5 Å². The Morgan fingerprint density at radius 1 is 0.775 bits per heavy atom. The van der Waals surface area contributed by atoms with E-state index in [9.17, 15) is 10.1 Å². The van der Waals surface area contributed by atoms with E-state index in [1.54, 1.807) is 12.3 Å². The highest BCUT2D eigenvalue weighted by atomic mass is 35.5. The maximum atomic E-state index is 11.4. The number of hydrogen-bond acceptors (Lipinski definition) is 9. The largest absolute Gasteiger partial charge is 0.487 e. The SMILES string of the molecule is O=[N+]([O-])/N=C1\N(Cc2ccc(Cl)nc2)CCN1Cc1ccc2c(c1)OCCOCCOCCOCCOCCO2. The monoisotopic (exact) mass is 579 g/mol. The van der Waals surface area contributed by atoms with Crippen molar-refractivity contribution in [2.45, 2.75) is 13.1 Å². The molecule has 1 saturated heterocycles. The molecule has 2 aliphatic heterocycles. The molecule has 0 saturated carbocycles. The average Bonchev–Trinajstić information content (AvgIpc) is 3.29. The van der Waals surface area contributed by atoms with Crippen molar-refractivity contribution < 1.29 is 33.5 Å². The Bertz CT molecular complexity index is 1110. The van der Waals surface area contributed by atoms with Gasteiger partial charge in [0.2, 0.25) is 0 Å². The number of ether oxygens (including phenoxy) is 6. The highest BCUT2D eigenvalue weighted by Crippen LogP contribution is 2.30. The molecule has 13 nitrogen and oxygen atoms in total. The number of halogens is 1. The van der Waals surface area contributed by atoms with E-state index < -0.39 is 5.03 Å². The van der Waals surface area contributed by atoms with Crippen LogP contribution in [0.25, 0.3) is 0 Å². The number of guanidine groups is 1. The molecule has 4 rings (SSSR count). The average molecular weight is 580 g/mol. The van der Waals surface area contributed by atoms with Crippen molar-refractivity contribution in [3.05, 3.63) is 62.9 Å². The maximum Gasteiger partial charge on any atom is 0.274 e. The fourth-order valence-corrected chi connectivity index (χ4v) is 4.26. The molecule has 0 spiro atoms. The number of rotatable bonds is 5. The van der Waals surface area contributed by atoms with E-state index in [1.807, 2.05) is 34.1 Å². The van der Waals surface area contributed by atoms with Gasteiger partial charge in [-0.1, -0.05) is 23.7 Å². The predicted molar refractivity (Wildman–Crippen MR) is 145 cm³/mol. The van der Waals surface area contributed by atoms with E-state index in [1.165, 1.54) is 0 Å². The molecule has 0 bridgehead atoms. The Balaban J connectivity index is 1.42. The molecule has 1 fully saturated rings. The van der Waals surface area contributed by atoms with Crippen molar-refractivity contribution in [3.63, 3.8) is 0 Å². The fourth-order valence-electron chi connectivity index (χ4n) is 4.15. The molecular formula is C26H34ClN5O8. The van der Waals surface area contributed by atoms with Crippen LogP contribution < -0.4 is 9.47 Å². The third-order valence-electron chi connectivity index (χ3n) is 6.01. The molecule has 14 heteroatoms. The molecule has 0 amide bonds. The van der Waals surface area contributed by atoms with Crippen LogP contribution in [0.5, 0.6) is 11.5 Å². The second-order valence-electron chi connectivity index (χ2n) is 8.90. The Labute approximate surface area is 237 Å². The molecule has 1 aromatic carbocycles. The Hall–Kier alpha value is -3.23. The summed E-state index contributed by atoms with van der Waals surface area (Å²) in [5, 5.41) is 14.8. The summed E-state index contributed by atoms with van der Waals surface area (Å²) < 4.78 is 34.0. The summed E-state index contributed by atoms with van der Waals surface area (Å²) in [6.07, 6.45) is 1.65. The maximum absolute atomic E-state index is 11.4. The fraction of sp³-hybridized carbons (Fsp3) is 0.538. The first-order chi connectivity index (χ1) is 19.6. The molecule has 3 heterocycles. The van der Waals surface area contributed by atoms with Crippen LogP contribution in [0.3, 0.4) is 0 Å². The quantitative estimate of drug-likeness (QED) is 0.294. The first-order valence-electron chi connectivity index (χ1n) is 13.1. The number of hydrazone groups is 1. The van der Waals surface area contributed by atoms with Gasteiger partial charge in [0, 0.05) is 32.4 Å². The van der Waals surface area contributed by atoms with E-state index in [-0.39, 0.29) is 5.96 Å². The van der Waals surface area contributed by atoms with Crippen molar-refractivity contribution in [1.82, 2.24) is 14.8 Å². The van der Waals surface area contributed by atoms with Gasteiger partial charge in [-0.3, -0.25) is 0 Å². The molecule has 2 aromatic rings. The first kappa shape index (κ1) is 29.7. The summed E-state index contributed by atoms with van der Waals surface area (Å²) in [6.45, 7) is 6.28. The van der Waals surface area contributed by atoms with Crippen molar-refractivity contribution in [1.29, 1.82) is 0 Å². The smallest absolute Gasteiger partial charge is 0.274 e. The zero-order valence-corrected chi connectivity index (χ0v) is 23.0. The number of hydrogen-bond donors (Lipinski definition) is 0. The number of aromatic nitrogens is 1. The van der Waals surface area contributed by atoms with Gasteiger partial charge in [0.1, 0.15) is 23.5 Å². The van der Waals surface area contributed by atoms with Gasteiger partial charge < -0.3 is 38.2 Å². The van der Waals surface area contributed by atoms with Gasteiger partial charge in [0.05, 0.1) is 52.9 Å². The van der Waals surface area contributed by atoms with Crippen LogP contribution in [-0.4, -0.2) is 105 Å². The summed E-state index contributed by atoms with van der Waals surface area (Å²) in [5.41, 5.74) is 1.76. The number of benzene rings is 1. The molecule has 218 valence electrons. The molecule has 1 aromatic heterocycles. The lowest BCUT2D eigenvalue weighted by atomic mass is 10.2. The van der Waals surface area contributed by atoms with Crippen LogP contribution in [0, 0.1) is 10.1 Å². The zero-order valence-electron chi connectivity index (χ0n) is 22.2. The highest BCUT2D eigenvalue weighted by molar-refractivity contribution is 6.29. The third kappa shape index (κ3) is 9.75. The Kier molecular flexibility index (Phi) is 12.0. The van der Waals surface area contributed by atoms with Gasteiger partial charge in [-0.2, -0.15) is 0 Å². The number of nitro groups is 1. The standard InChI is InChI=1S/C26H34ClN5O8/c27-25-4-2-22(18-28-25)20-31-6-5-30(26(31)29-32(33)34)19-21-1-3-23-24(17-21)40-16-14-38-12-10-36-8-7-35-9-11-37-13-15-39-23/h1-4,17-18H,5-16,19-20H2/b29-26-. The number of pyridine rings is 1. The second-order valence-corrected chi connectivity index (χ2v) is 9.28. The summed E-state index contributed by atoms with van der Waals surface area (Å²) >= 11 is 5.89. The molecule has 0 unspecified atom stereocenters. The summed E-state index contributed by atoms with van der Waals surface area (Å²) in [4.78, 5) is 19.2. The lowest BCUT2D eigenvalue weighted by molar-refractivity contribution is -0.486. The third-order valence-corrected chi connectivity index (χ3v) is 6.23. The molecule has 0 atom stereocenters. The molecule has 0 radical (unpaired) electrons. The van der Waals surface area contributed by atoms with Gasteiger partial charge in [0.25, 0.3) is 5.96 Å². The summed E-state index contributed by atoms with van der Waals surface area (Å²) in [5.74, 6) is 1.41. The second kappa shape index (κ2) is 16.1. The van der Waals surface area contributed by atoms with Crippen LogP contribution in [0.4, 0.5) is 0 Å². The van der Waals surface area contributed by atoms with E-state index in [2.05, 4.69) is 10.1 Å².